The third-order valence-corrected chi connectivity index (χ3v) is 4.67. The zero-order valence-electron chi connectivity index (χ0n) is 10.8. The Labute approximate surface area is 143 Å². The third-order valence-electron chi connectivity index (χ3n) is 2.80. The molecule has 5 heteroatoms. The quantitative estimate of drug-likeness (QED) is 0.529. The summed E-state index contributed by atoms with van der Waals surface area (Å²) in [6, 6.07) is 11.8. The molecule has 0 amide bonds. The van der Waals surface area contributed by atoms with E-state index in [2.05, 4.69) is 47.8 Å². The molecule has 2 aromatic rings. The third kappa shape index (κ3) is 3.99. The van der Waals surface area contributed by atoms with E-state index in [0.29, 0.717) is 6.61 Å². The molecule has 2 aromatic carbocycles. The lowest BCUT2D eigenvalue weighted by molar-refractivity contribution is 0.296. The lowest BCUT2D eigenvalue weighted by atomic mass is 10.2. The van der Waals surface area contributed by atoms with Crippen LogP contribution >= 0.6 is 47.8 Å². The van der Waals surface area contributed by atoms with Gasteiger partial charge in [-0.05, 0) is 42.0 Å². The van der Waals surface area contributed by atoms with Crippen molar-refractivity contribution in [1.82, 2.24) is 0 Å². The molecule has 0 radical (unpaired) electrons. The lowest BCUT2D eigenvalue weighted by Gasteiger charge is -2.12. The number of rotatable bonds is 5. The summed E-state index contributed by atoms with van der Waals surface area (Å²) in [5.41, 5.74) is 2.16. The van der Waals surface area contributed by atoms with Crippen LogP contribution in [-0.2, 0) is 11.9 Å². The Kier molecular flexibility index (Phi) is 5.93. The summed E-state index contributed by atoms with van der Waals surface area (Å²) in [6.07, 6.45) is 0. The van der Waals surface area contributed by atoms with Gasteiger partial charge < -0.3 is 9.47 Å². The summed E-state index contributed by atoms with van der Waals surface area (Å²) in [5, 5.41) is 0.783. The smallest absolute Gasteiger partial charge is 0.125 e. The van der Waals surface area contributed by atoms with Crippen LogP contribution in [0.2, 0.25) is 0 Å². The summed E-state index contributed by atoms with van der Waals surface area (Å²) in [7, 11) is 1.66. The number of halogens is 3. The molecule has 0 aromatic heterocycles. The van der Waals surface area contributed by atoms with Crippen molar-refractivity contribution in [2.75, 3.05) is 7.11 Å². The Balaban J connectivity index is 2.14. The SMILES string of the molecule is COc1ccc(Br)cc1COc1ccc(Br)c(CBr)c1. The van der Waals surface area contributed by atoms with Crippen LogP contribution in [0.3, 0.4) is 0 Å². The maximum absolute atomic E-state index is 5.84. The molecule has 0 atom stereocenters. The number of alkyl halides is 1. The lowest BCUT2D eigenvalue weighted by Crippen LogP contribution is -1.99. The van der Waals surface area contributed by atoms with Crippen LogP contribution in [0.15, 0.2) is 45.3 Å². The minimum atomic E-state index is 0.464. The molecule has 0 aliphatic heterocycles. The molecule has 0 spiro atoms. The fraction of sp³-hybridized carbons (Fsp3) is 0.200. The van der Waals surface area contributed by atoms with Crippen LogP contribution < -0.4 is 9.47 Å². The second-order valence-electron chi connectivity index (χ2n) is 4.13. The van der Waals surface area contributed by atoms with Gasteiger partial charge in [0, 0.05) is 19.8 Å². The van der Waals surface area contributed by atoms with Gasteiger partial charge in [-0.25, -0.2) is 0 Å². The standard InChI is InChI=1S/C15H13Br3O2/c1-19-15-5-2-12(17)6-11(15)9-20-13-3-4-14(18)10(7-13)8-16/h2-7H,8-9H2,1H3. The van der Waals surface area contributed by atoms with Gasteiger partial charge in [0.05, 0.1) is 7.11 Å². The molecule has 0 bridgehead atoms. The summed E-state index contributed by atoms with van der Waals surface area (Å²) in [6.45, 7) is 0.464. The van der Waals surface area contributed by atoms with Crippen LogP contribution in [0.1, 0.15) is 11.1 Å². The van der Waals surface area contributed by atoms with Crippen molar-refractivity contribution in [3.05, 3.63) is 56.5 Å². The number of benzene rings is 2. The summed E-state index contributed by atoms with van der Waals surface area (Å²) >= 11 is 10.4. The van der Waals surface area contributed by atoms with Crippen molar-refractivity contribution < 1.29 is 9.47 Å². The van der Waals surface area contributed by atoms with E-state index in [1.807, 2.05) is 36.4 Å². The highest BCUT2D eigenvalue weighted by molar-refractivity contribution is 9.11. The summed E-state index contributed by atoms with van der Waals surface area (Å²) < 4.78 is 13.3. The van der Waals surface area contributed by atoms with Crippen LogP contribution in [0, 0.1) is 0 Å². The molecular formula is C15H13Br3O2. The van der Waals surface area contributed by atoms with E-state index >= 15 is 0 Å². The Morgan fingerprint density at radius 1 is 1.00 bits per heavy atom. The van der Waals surface area contributed by atoms with Crippen molar-refractivity contribution in [1.29, 1.82) is 0 Å². The first-order valence-corrected chi connectivity index (χ1v) is 8.64. The average molecular weight is 465 g/mol. The van der Waals surface area contributed by atoms with Gasteiger partial charge >= 0.3 is 0 Å². The van der Waals surface area contributed by atoms with Crippen LogP contribution in [0.4, 0.5) is 0 Å². The number of ether oxygens (including phenoxy) is 2. The molecule has 0 heterocycles. The van der Waals surface area contributed by atoms with Crippen molar-refractivity contribution in [2.24, 2.45) is 0 Å². The molecule has 0 saturated heterocycles. The minimum Gasteiger partial charge on any atom is -0.496 e. The van der Waals surface area contributed by atoms with Crippen LogP contribution in [-0.4, -0.2) is 7.11 Å². The maximum Gasteiger partial charge on any atom is 0.125 e. The summed E-state index contributed by atoms with van der Waals surface area (Å²) in [5.74, 6) is 1.66. The van der Waals surface area contributed by atoms with Gasteiger partial charge in [-0.15, -0.1) is 0 Å². The highest BCUT2D eigenvalue weighted by atomic mass is 79.9. The topological polar surface area (TPSA) is 18.5 Å². The van der Waals surface area contributed by atoms with Gasteiger partial charge in [0.25, 0.3) is 0 Å². The molecule has 0 N–H and O–H groups in total. The molecule has 106 valence electrons. The predicted octanol–water partition coefficient (Wildman–Crippen LogP) is 5.69. The van der Waals surface area contributed by atoms with E-state index < -0.39 is 0 Å². The Morgan fingerprint density at radius 2 is 1.80 bits per heavy atom. The molecule has 0 saturated carbocycles. The van der Waals surface area contributed by atoms with Gasteiger partial charge in [-0.2, -0.15) is 0 Å². The second kappa shape index (κ2) is 7.48. The predicted molar refractivity (Wildman–Crippen MR) is 91.8 cm³/mol. The van der Waals surface area contributed by atoms with E-state index in [-0.39, 0.29) is 0 Å². The normalized spacial score (nSPS) is 10.4. The van der Waals surface area contributed by atoms with Crippen molar-refractivity contribution >= 4 is 47.8 Å². The zero-order chi connectivity index (χ0) is 14.5. The van der Waals surface area contributed by atoms with E-state index in [0.717, 1.165) is 36.9 Å². The molecule has 0 fully saturated rings. The number of methoxy groups -OCH3 is 1. The van der Waals surface area contributed by atoms with Gasteiger partial charge in [0.15, 0.2) is 0 Å². The molecule has 0 aliphatic rings. The Hall–Kier alpha value is -0.520. The largest absolute Gasteiger partial charge is 0.496 e. The van der Waals surface area contributed by atoms with E-state index in [9.17, 15) is 0 Å². The van der Waals surface area contributed by atoms with Crippen molar-refractivity contribution in [3.63, 3.8) is 0 Å². The molecule has 0 aliphatic carbocycles. The fourth-order valence-electron chi connectivity index (χ4n) is 1.76. The van der Waals surface area contributed by atoms with Crippen LogP contribution in [0.5, 0.6) is 11.5 Å². The van der Waals surface area contributed by atoms with E-state index in [1.165, 1.54) is 0 Å². The van der Waals surface area contributed by atoms with Gasteiger partial charge in [-0.1, -0.05) is 47.8 Å². The second-order valence-corrected chi connectivity index (χ2v) is 6.46. The average Bonchev–Trinajstić information content (AvgIpc) is 2.46. The maximum atomic E-state index is 5.84. The molecular weight excluding hydrogens is 452 g/mol. The molecule has 0 unspecified atom stereocenters. The minimum absolute atomic E-state index is 0.464. The van der Waals surface area contributed by atoms with Gasteiger partial charge in [-0.3, -0.25) is 0 Å². The Bertz CT molecular complexity index is 600. The Morgan fingerprint density at radius 3 is 2.50 bits per heavy atom. The monoisotopic (exact) mass is 462 g/mol. The fourth-order valence-corrected chi connectivity index (χ4v) is 3.40. The van der Waals surface area contributed by atoms with E-state index in [1.54, 1.807) is 7.11 Å². The van der Waals surface area contributed by atoms with Crippen molar-refractivity contribution in [2.45, 2.75) is 11.9 Å². The summed E-state index contributed by atoms with van der Waals surface area (Å²) in [4.78, 5) is 0. The van der Waals surface area contributed by atoms with Crippen LogP contribution in [0.25, 0.3) is 0 Å². The first kappa shape index (κ1) is 15.9. The van der Waals surface area contributed by atoms with E-state index in [4.69, 9.17) is 9.47 Å². The molecule has 2 rings (SSSR count). The van der Waals surface area contributed by atoms with Gasteiger partial charge in [0.2, 0.25) is 0 Å². The molecule has 20 heavy (non-hydrogen) atoms. The van der Waals surface area contributed by atoms with Gasteiger partial charge in [0.1, 0.15) is 18.1 Å². The highest BCUT2D eigenvalue weighted by Crippen LogP contribution is 2.27. The number of hydrogen-bond donors (Lipinski definition) is 0. The zero-order valence-corrected chi connectivity index (χ0v) is 15.6. The first-order chi connectivity index (χ1) is 9.63. The number of hydrogen-bond acceptors (Lipinski definition) is 2. The highest BCUT2D eigenvalue weighted by Gasteiger charge is 2.06. The molecule has 2 nitrogen and oxygen atoms in total. The van der Waals surface area contributed by atoms with Crippen molar-refractivity contribution in [3.8, 4) is 11.5 Å². The first-order valence-electron chi connectivity index (χ1n) is 5.93.